The molecule has 0 spiro atoms. The Morgan fingerprint density at radius 2 is 1.62 bits per heavy atom. The Labute approximate surface area is 199 Å². The molecule has 0 bridgehead atoms. The van der Waals surface area contributed by atoms with Crippen molar-refractivity contribution in [3.8, 4) is 0 Å². The molecule has 5 atom stereocenters. The lowest BCUT2D eigenvalue weighted by Gasteiger charge is -2.40. The lowest BCUT2D eigenvalue weighted by atomic mass is 9.97. The number of fused-ring (bicyclic) bond motifs is 1. The number of aliphatic hydroxyl groups is 5. The van der Waals surface area contributed by atoms with Crippen LogP contribution < -0.4 is 0 Å². The summed E-state index contributed by atoms with van der Waals surface area (Å²) in [5.74, 6) is 0. The molecule has 7 nitrogen and oxygen atoms in total. The van der Waals surface area contributed by atoms with Gasteiger partial charge in [0, 0.05) is 11.6 Å². The minimum atomic E-state index is -1.43. The van der Waals surface area contributed by atoms with Gasteiger partial charge in [-0.25, -0.2) is 0 Å². The third kappa shape index (κ3) is 5.20. The zero-order valence-corrected chi connectivity index (χ0v) is 19.9. The van der Waals surface area contributed by atoms with Crippen LogP contribution in [0.2, 0.25) is 0 Å². The first kappa shape index (κ1) is 24.9. The van der Waals surface area contributed by atoms with E-state index in [1.807, 2.05) is 45.2 Å². The van der Waals surface area contributed by atoms with Crippen molar-refractivity contribution in [3.63, 3.8) is 0 Å². The highest BCUT2D eigenvalue weighted by atomic mass is 16.6. The number of aromatic nitrogens is 1. The number of rotatable bonds is 7. The van der Waals surface area contributed by atoms with Crippen LogP contribution in [0.25, 0.3) is 10.9 Å². The van der Waals surface area contributed by atoms with Gasteiger partial charge >= 0.3 is 0 Å². The molecule has 5 N–H and O–H groups in total. The van der Waals surface area contributed by atoms with Gasteiger partial charge in [0.2, 0.25) is 0 Å². The van der Waals surface area contributed by atoms with Crippen LogP contribution in [-0.2, 0) is 17.6 Å². The topological polar surface area (TPSA) is 115 Å². The van der Waals surface area contributed by atoms with Crippen LogP contribution in [0, 0.1) is 6.92 Å². The molecule has 0 aliphatic carbocycles. The maximum Gasteiger partial charge on any atom is 0.163 e. The molecule has 4 rings (SSSR count). The molecule has 0 unspecified atom stereocenters. The molecule has 1 aliphatic heterocycles. The molecular formula is C27H35NO6. The van der Waals surface area contributed by atoms with Crippen molar-refractivity contribution in [1.82, 2.24) is 4.57 Å². The summed E-state index contributed by atoms with van der Waals surface area (Å²) in [4.78, 5) is 0. The van der Waals surface area contributed by atoms with E-state index in [4.69, 9.17) is 4.74 Å². The van der Waals surface area contributed by atoms with E-state index in [9.17, 15) is 25.5 Å². The van der Waals surface area contributed by atoms with E-state index < -0.39 is 42.9 Å². The van der Waals surface area contributed by atoms with Crippen molar-refractivity contribution < 1.29 is 30.3 Å². The van der Waals surface area contributed by atoms with E-state index in [1.165, 1.54) is 5.56 Å². The quantitative estimate of drug-likeness (QED) is 0.362. The first-order chi connectivity index (χ1) is 16.1. The van der Waals surface area contributed by atoms with Gasteiger partial charge in [-0.05, 0) is 68.4 Å². The van der Waals surface area contributed by atoms with Crippen LogP contribution in [0.1, 0.15) is 48.8 Å². The average molecular weight is 470 g/mol. The van der Waals surface area contributed by atoms with Crippen molar-refractivity contribution in [2.45, 2.75) is 76.3 Å². The molecule has 2 heterocycles. The molecule has 1 aliphatic rings. The lowest BCUT2D eigenvalue weighted by molar-refractivity contribution is -0.250. The third-order valence-corrected chi connectivity index (χ3v) is 6.66. The number of ether oxygens (including phenoxy) is 1. The van der Waals surface area contributed by atoms with Crippen molar-refractivity contribution in [3.05, 3.63) is 70.9 Å². The maximum atomic E-state index is 10.7. The predicted molar refractivity (Wildman–Crippen MR) is 130 cm³/mol. The molecule has 0 saturated carbocycles. The van der Waals surface area contributed by atoms with E-state index in [0.717, 1.165) is 34.0 Å². The smallest absolute Gasteiger partial charge is 0.163 e. The fourth-order valence-electron chi connectivity index (χ4n) is 4.59. The minimum Gasteiger partial charge on any atom is -0.394 e. The summed E-state index contributed by atoms with van der Waals surface area (Å²) in [7, 11) is 0. The largest absolute Gasteiger partial charge is 0.394 e. The second-order valence-corrected chi connectivity index (χ2v) is 10.1. The molecule has 3 aromatic rings. The van der Waals surface area contributed by atoms with Gasteiger partial charge in [-0.1, -0.05) is 36.4 Å². The summed E-state index contributed by atoms with van der Waals surface area (Å²) < 4.78 is 7.62. The summed E-state index contributed by atoms with van der Waals surface area (Å²) in [5, 5.41) is 51.7. The summed E-state index contributed by atoms with van der Waals surface area (Å²) >= 11 is 0. The number of nitrogens with zero attached hydrogens (tertiary/aromatic N) is 1. The highest BCUT2D eigenvalue weighted by molar-refractivity contribution is 5.85. The molecule has 1 saturated heterocycles. The van der Waals surface area contributed by atoms with Crippen LogP contribution in [0.3, 0.4) is 0 Å². The van der Waals surface area contributed by atoms with Crippen molar-refractivity contribution in [1.29, 1.82) is 0 Å². The molecule has 1 fully saturated rings. The monoisotopic (exact) mass is 469 g/mol. The highest BCUT2D eigenvalue weighted by Crippen LogP contribution is 2.34. The van der Waals surface area contributed by atoms with Gasteiger partial charge in [-0.15, -0.1) is 0 Å². The molecular weight excluding hydrogens is 434 g/mol. The van der Waals surface area contributed by atoms with E-state index in [0.29, 0.717) is 12.8 Å². The summed E-state index contributed by atoms with van der Waals surface area (Å²) in [6, 6.07) is 14.4. The zero-order valence-electron chi connectivity index (χ0n) is 19.9. The Bertz CT molecular complexity index is 1110. The van der Waals surface area contributed by atoms with Gasteiger partial charge in [-0.3, -0.25) is 0 Å². The Kier molecular flexibility index (Phi) is 7.14. The van der Waals surface area contributed by atoms with Crippen LogP contribution in [0.5, 0.6) is 0 Å². The van der Waals surface area contributed by atoms with E-state index >= 15 is 0 Å². The van der Waals surface area contributed by atoms with Crippen LogP contribution >= 0.6 is 0 Å². The second-order valence-electron chi connectivity index (χ2n) is 10.1. The number of benzene rings is 2. The minimum absolute atomic E-state index is 0.466. The summed E-state index contributed by atoms with van der Waals surface area (Å²) in [6.45, 7) is 5.14. The van der Waals surface area contributed by atoms with Crippen LogP contribution in [0.4, 0.5) is 0 Å². The van der Waals surface area contributed by atoms with Crippen molar-refractivity contribution in [2.24, 2.45) is 0 Å². The molecule has 7 heteroatoms. The molecule has 2 aromatic carbocycles. The van der Waals surface area contributed by atoms with Crippen LogP contribution in [-0.4, -0.2) is 66.7 Å². The molecule has 0 radical (unpaired) electrons. The lowest BCUT2D eigenvalue weighted by Crippen LogP contribution is -2.56. The molecule has 0 amide bonds. The Hall–Kier alpha value is -2.26. The normalized spacial score (nSPS) is 25.7. The zero-order chi connectivity index (χ0) is 24.6. The molecule has 34 heavy (non-hydrogen) atoms. The van der Waals surface area contributed by atoms with Gasteiger partial charge in [-0.2, -0.15) is 0 Å². The van der Waals surface area contributed by atoms with E-state index in [-0.39, 0.29) is 0 Å². The second kappa shape index (κ2) is 9.77. The fraction of sp³-hybridized carbons (Fsp3) is 0.481. The SMILES string of the molecule is Cc1ccc2c(Cc3ccc(CCC(C)(C)O)cc3)cn([C@@H]3O[C@H](CO)[C@@H](O)[C@H](O)[C@H]3O)c2c1. The number of aryl methyl sites for hydroxylation is 2. The Morgan fingerprint density at radius 3 is 2.26 bits per heavy atom. The van der Waals surface area contributed by atoms with Gasteiger partial charge in [0.25, 0.3) is 0 Å². The molecule has 1 aromatic heterocycles. The third-order valence-electron chi connectivity index (χ3n) is 6.66. The highest BCUT2D eigenvalue weighted by Gasteiger charge is 2.44. The Balaban J connectivity index is 1.64. The first-order valence-corrected chi connectivity index (χ1v) is 11.8. The van der Waals surface area contributed by atoms with Crippen molar-refractivity contribution in [2.75, 3.05) is 6.61 Å². The summed E-state index contributed by atoms with van der Waals surface area (Å²) in [5.41, 5.74) is 4.53. The van der Waals surface area contributed by atoms with Crippen molar-refractivity contribution >= 4 is 10.9 Å². The van der Waals surface area contributed by atoms with Gasteiger partial charge in [0.15, 0.2) is 6.23 Å². The van der Waals surface area contributed by atoms with E-state index in [2.05, 4.69) is 24.3 Å². The standard InChI is InChI=1S/C27H35NO6/c1-16-4-9-20-19(13-18-7-5-17(6-8-18)10-11-27(2,3)33)14-28(21(20)12-16)26-25(32)24(31)23(30)22(15-29)34-26/h4-9,12,14,22-26,29-33H,10-11,13,15H2,1-3H3/t22-,23-,24+,25-,26-/m1/s1. The Morgan fingerprint density at radius 1 is 0.941 bits per heavy atom. The predicted octanol–water partition coefficient (Wildman–Crippen LogP) is 2.22. The van der Waals surface area contributed by atoms with Crippen LogP contribution in [0.15, 0.2) is 48.7 Å². The maximum absolute atomic E-state index is 10.7. The number of hydrogen-bond acceptors (Lipinski definition) is 6. The van der Waals surface area contributed by atoms with Gasteiger partial charge in [0.1, 0.15) is 24.4 Å². The number of aliphatic hydroxyl groups excluding tert-OH is 4. The van der Waals surface area contributed by atoms with Gasteiger partial charge in [0.05, 0.1) is 17.7 Å². The van der Waals surface area contributed by atoms with E-state index in [1.54, 1.807) is 4.57 Å². The van der Waals surface area contributed by atoms with Gasteiger partial charge < -0.3 is 34.8 Å². The fourth-order valence-corrected chi connectivity index (χ4v) is 4.59. The number of hydrogen-bond donors (Lipinski definition) is 5. The molecule has 184 valence electrons. The first-order valence-electron chi connectivity index (χ1n) is 11.8. The summed E-state index contributed by atoms with van der Waals surface area (Å²) in [6.07, 6.45) is -2.01. The average Bonchev–Trinajstić information content (AvgIpc) is 3.14.